The molecule has 1 fully saturated rings. The van der Waals surface area contributed by atoms with Crippen LogP contribution in [0.3, 0.4) is 0 Å². The summed E-state index contributed by atoms with van der Waals surface area (Å²) in [5.74, 6) is 0.172. The Bertz CT molecular complexity index is 466. The van der Waals surface area contributed by atoms with E-state index in [9.17, 15) is 4.79 Å². The van der Waals surface area contributed by atoms with E-state index in [1.807, 2.05) is 29.2 Å². The Morgan fingerprint density at radius 3 is 2.55 bits per heavy atom. The zero-order valence-electron chi connectivity index (χ0n) is 12.9. The predicted molar refractivity (Wildman–Crippen MR) is 84.1 cm³/mol. The van der Waals surface area contributed by atoms with Crippen LogP contribution in [0.4, 0.5) is 5.69 Å². The first kappa shape index (κ1) is 14.9. The van der Waals surface area contributed by atoms with Crippen molar-refractivity contribution >= 4 is 11.6 Å². The molecule has 110 valence electrons. The summed E-state index contributed by atoms with van der Waals surface area (Å²) >= 11 is 0. The van der Waals surface area contributed by atoms with E-state index in [0.29, 0.717) is 5.41 Å². The average Bonchev–Trinajstić information content (AvgIpc) is 2.93. The summed E-state index contributed by atoms with van der Waals surface area (Å²) in [6.07, 6.45) is 3.44. The van der Waals surface area contributed by atoms with Gasteiger partial charge in [-0.1, -0.05) is 26.0 Å². The minimum atomic E-state index is 0.172. The van der Waals surface area contributed by atoms with E-state index in [4.69, 9.17) is 0 Å². The van der Waals surface area contributed by atoms with Crippen LogP contribution in [0.15, 0.2) is 24.3 Å². The molecule has 2 rings (SSSR count). The molecule has 0 radical (unpaired) electrons. The third-order valence-corrected chi connectivity index (χ3v) is 4.75. The highest BCUT2D eigenvalue weighted by atomic mass is 16.2. The van der Waals surface area contributed by atoms with Gasteiger partial charge in [0.05, 0.1) is 5.56 Å². The maximum absolute atomic E-state index is 12.7. The van der Waals surface area contributed by atoms with Crippen LogP contribution in [-0.2, 0) is 0 Å². The van der Waals surface area contributed by atoms with Gasteiger partial charge in [-0.2, -0.15) is 0 Å². The Hall–Kier alpha value is -1.51. The van der Waals surface area contributed by atoms with Gasteiger partial charge in [-0.15, -0.1) is 0 Å². The van der Waals surface area contributed by atoms with Crippen molar-refractivity contribution in [1.82, 2.24) is 4.90 Å². The third kappa shape index (κ3) is 2.82. The highest BCUT2D eigenvalue weighted by Gasteiger charge is 2.37. The molecule has 1 saturated heterocycles. The molecule has 0 atom stereocenters. The molecule has 0 unspecified atom stereocenters. The fraction of sp³-hybridized carbons (Fsp3) is 0.588. The normalized spacial score (nSPS) is 17.2. The van der Waals surface area contributed by atoms with Crippen LogP contribution < -0.4 is 5.32 Å². The summed E-state index contributed by atoms with van der Waals surface area (Å²) in [5.41, 5.74) is 2.09. The molecule has 1 aromatic rings. The number of rotatable bonds is 5. The number of benzene rings is 1. The molecule has 0 aromatic heterocycles. The minimum absolute atomic E-state index is 0.172. The largest absolute Gasteiger partial charge is 0.385 e. The van der Waals surface area contributed by atoms with Gasteiger partial charge in [0.2, 0.25) is 0 Å². The second-order valence-electron chi connectivity index (χ2n) is 5.76. The number of nitrogens with one attached hydrogen (secondary N) is 1. The van der Waals surface area contributed by atoms with E-state index in [2.05, 4.69) is 26.1 Å². The topological polar surface area (TPSA) is 32.3 Å². The molecule has 0 bridgehead atoms. The van der Waals surface area contributed by atoms with Crippen LogP contribution in [0.2, 0.25) is 0 Å². The summed E-state index contributed by atoms with van der Waals surface area (Å²) in [6.45, 7) is 9.16. The van der Waals surface area contributed by atoms with Crippen molar-refractivity contribution in [1.29, 1.82) is 0 Å². The molecule has 3 heteroatoms. The molecule has 1 aliphatic rings. The van der Waals surface area contributed by atoms with E-state index in [-0.39, 0.29) is 5.91 Å². The zero-order valence-corrected chi connectivity index (χ0v) is 12.9. The SMILES string of the molecule is CCNc1ccccc1C(=O)N1CCC(CC)(CC)C1. The molecular formula is C17H26N2O. The summed E-state index contributed by atoms with van der Waals surface area (Å²) in [7, 11) is 0. The number of hydrogen-bond donors (Lipinski definition) is 1. The van der Waals surface area contributed by atoms with Crippen LogP contribution in [0.5, 0.6) is 0 Å². The molecular weight excluding hydrogens is 248 g/mol. The summed E-state index contributed by atoms with van der Waals surface area (Å²) in [5, 5.41) is 3.28. The van der Waals surface area contributed by atoms with E-state index < -0.39 is 0 Å². The lowest BCUT2D eigenvalue weighted by Gasteiger charge is -2.26. The van der Waals surface area contributed by atoms with Crippen molar-refractivity contribution in [3.8, 4) is 0 Å². The van der Waals surface area contributed by atoms with E-state index >= 15 is 0 Å². The molecule has 3 nitrogen and oxygen atoms in total. The molecule has 1 amide bonds. The quantitative estimate of drug-likeness (QED) is 0.886. The average molecular weight is 274 g/mol. The Labute approximate surface area is 122 Å². The number of amides is 1. The van der Waals surface area contributed by atoms with E-state index in [0.717, 1.165) is 50.1 Å². The van der Waals surface area contributed by atoms with Gasteiger partial charge in [0.1, 0.15) is 0 Å². The van der Waals surface area contributed by atoms with Gasteiger partial charge in [0, 0.05) is 25.3 Å². The van der Waals surface area contributed by atoms with Crippen LogP contribution >= 0.6 is 0 Å². The highest BCUT2D eigenvalue weighted by molar-refractivity contribution is 5.99. The summed E-state index contributed by atoms with van der Waals surface area (Å²) in [6, 6.07) is 7.83. The van der Waals surface area contributed by atoms with Crippen molar-refractivity contribution in [2.75, 3.05) is 25.0 Å². The smallest absolute Gasteiger partial charge is 0.255 e. The van der Waals surface area contributed by atoms with Crippen LogP contribution in [0.25, 0.3) is 0 Å². The maximum atomic E-state index is 12.7. The predicted octanol–water partition coefficient (Wildman–Crippen LogP) is 3.77. The lowest BCUT2D eigenvalue weighted by atomic mass is 9.82. The fourth-order valence-corrected chi connectivity index (χ4v) is 3.12. The second kappa shape index (κ2) is 6.29. The molecule has 1 N–H and O–H groups in total. The number of nitrogens with zero attached hydrogens (tertiary/aromatic N) is 1. The Morgan fingerprint density at radius 1 is 1.25 bits per heavy atom. The Morgan fingerprint density at radius 2 is 1.95 bits per heavy atom. The maximum Gasteiger partial charge on any atom is 0.255 e. The van der Waals surface area contributed by atoms with E-state index in [1.165, 1.54) is 0 Å². The standard InChI is InChI=1S/C17H26N2O/c1-4-17(5-2)11-12-19(13-17)16(20)14-9-7-8-10-15(14)18-6-3/h7-10,18H,4-6,11-13H2,1-3H3. The monoisotopic (exact) mass is 274 g/mol. The summed E-state index contributed by atoms with van der Waals surface area (Å²) < 4.78 is 0. The van der Waals surface area contributed by atoms with Gasteiger partial charge >= 0.3 is 0 Å². The van der Waals surface area contributed by atoms with Crippen molar-refractivity contribution in [2.24, 2.45) is 5.41 Å². The van der Waals surface area contributed by atoms with E-state index in [1.54, 1.807) is 0 Å². The lowest BCUT2D eigenvalue weighted by molar-refractivity contribution is 0.0771. The first-order valence-electron chi connectivity index (χ1n) is 7.78. The number of anilines is 1. The van der Waals surface area contributed by atoms with Crippen LogP contribution in [0, 0.1) is 5.41 Å². The molecule has 1 aromatic carbocycles. The second-order valence-corrected chi connectivity index (χ2v) is 5.76. The van der Waals surface area contributed by atoms with Crippen LogP contribution in [0.1, 0.15) is 50.4 Å². The van der Waals surface area contributed by atoms with Gasteiger partial charge in [-0.05, 0) is 43.7 Å². The van der Waals surface area contributed by atoms with Gasteiger partial charge < -0.3 is 10.2 Å². The van der Waals surface area contributed by atoms with Crippen LogP contribution in [-0.4, -0.2) is 30.4 Å². The summed E-state index contributed by atoms with van der Waals surface area (Å²) in [4.78, 5) is 14.8. The number of hydrogen-bond acceptors (Lipinski definition) is 2. The van der Waals surface area contributed by atoms with Gasteiger partial charge in [-0.3, -0.25) is 4.79 Å². The van der Waals surface area contributed by atoms with Crippen molar-refractivity contribution < 1.29 is 4.79 Å². The van der Waals surface area contributed by atoms with Gasteiger partial charge in [-0.25, -0.2) is 0 Å². The Kier molecular flexibility index (Phi) is 4.69. The minimum Gasteiger partial charge on any atom is -0.385 e. The molecule has 0 saturated carbocycles. The van der Waals surface area contributed by atoms with Crippen molar-refractivity contribution in [3.05, 3.63) is 29.8 Å². The molecule has 1 aliphatic heterocycles. The zero-order chi connectivity index (χ0) is 14.6. The molecule has 0 aliphatic carbocycles. The Balaban J connectivity index is 2.17. The lowest BCUT2D eigenvalue weighted by Crippen LogP contribution is -2.32. The first-order valence-corrected chi connectivity index (χ1v) is 7.78. The number of para-hydroxylation sites is 1. The van der Waals surface area contributed by atoms with Crippen molar-refractivity contribution in [2.45, 2.75) is 40.0 Å². The molecule has 0 spiro atoms. The van der Waals surface area contributed by atoms with Gasteiger partial charge in [0.15, 0.2) is 0 Å². The molecule has 1 heterocycles. The van der Waals surface area contributed by atoms with Gasteiger partial charge in [0.25, 0.3) is 5.91 Å². The number of likely N-dealkylation sites (tertiary alicyclic amines) is 1. The van der Waals surface area contributed by atoms with Crippen molar-refractivity contribution in [3.63, 3.8) is 0 Å². The highest BCUT2D eigenvalue weighted by Crippen LogP contribution is 2.37. The molecule has 20 heavy (non-hydrogen) atoms. The third-order valence-electron chi connectivity index (χ3n) is 4.75. The fourth-order valence-electron chi connectivity index (χ4n) is 3.12. The number of carbonyl (C=O) groups excluding carboxylic acids is 1. The number of carbonyl (C=O) groups is 1. The first-order chi connectivity index (χ1) is 9.65.